The highest BCUT2D eigenvalue weighted by Crippen LogP contribution is 2.32. The number of aliphatic hydroxyl groups is 1. The third kappa shape index (κ3) is 2.47. The smallest absolute Gasteiger partial charge is 0.145 e. The molecule has 1 aromatic rings. The molecule has 15 heavy (non-hydrogen) atoms. The standard InChI is InChI=1S/C11H12ClFOS/c12-9-3-1-2-8(10(9)13)6-11(14)4-5-15-7-11/h1-3,14H,4-7H2. The minimum Gasteiger partial charge on any atom is -0.389 e. The van der Waals surface area contributed by atoms with Crippen LogP contribution in [0.4, 0.5) is 4.39 Å². The molecule has 0 saturated carbocycles. The molecule has 0 radical (unpaired) electrons. The monoisotopic (exact) mass is 246 g/mol. The molecule has 1 saturated heterocycles. The highest BCUT2D eigenvalue weighted by molar-refractivity contribution is 7.99. The van der Waals surface area contributed by atoms with Crippen molar-refractivity contribution in [3.05, 3.63) is 34.6 Å². The van der Waals surface area contributed by atoms with E-state index in [1.807, 2.05) is 0 Å². The second-order valence-electron chi connectivity index (χ2n) is 3.92. The van der Waals surface area contributed by atoms with Crippen molar-refractivity contribution in [1.29, 1.82) is 0 Å². The van der Waals surface area contributed by atoms with E-state index in [9.17, 15) is 9.50 Å². The van der Waals surface area contributed by atoms with Crippen molar-refractivity contribution in [3.63, 3.8) is 0 Å². The Morgan fingerprint density at radius 1 is 1.53 bits per heavy atom. The Morgan fingerprint density at radius 3 is 3.00 bits per heavy atom. The van der Waals surface area contributed by atoms with Crippen LogP contribution in [-0.2, 0) is 6.42 Å². The topological polar surface area (TPSA) is 20.2 Å². The zero-order valence-corrected chi connectivity index (χ0v) is 9.74. The second-order valence-corrected chi connectivity index (χ2v) is 5.43. The van der Waals surface area contributed by atoms with E-state index in [4.69, 9.17) is 11.6 Å². The van der Waals surface area contributed by atoms with E-state index in [0.717, 1.165) is 12.2 Å². The molecule has 1 aromatic carbocycles. The van der Waals surface area contributed by atoms with Crippen LogP contribution in [0.5, 0.6) is 0 Å². The molecule has 2 rings (SSSR count). The van der Waals surface area contributed by atoms with Crippen LogP contribution >= 0.6 is 23.4 Å². The van der Waals surface area contributed by atoms with Crippen LogP contribution in [0, 0.1) is 5.82 Å². The third-order valence-electron chi connectivity index (χ3n) is 2.63. The summed E-state index contributed by atoms with van der Waals surface area (Å²) in [5.41, 5.74) is -0.247. The number of thioether (sulfide) groups is 1. The Bertz CT molecular complexity index is 364. The molecule has 1 heterocycles. The van der Waals surface area contributed by atoms with Gasteiger partial charge in [0.15, 0.2) is 0 Å². The van der Waals surface area contributed by atoms with E-state index >= 15 is 0 Å². The summed E-state index contributed by atoms with van der Waals surface area (Å²) in [6.07, 6.45) is 1.08. The second kappa shape index (κ2) is 4.32. The summed E-state index contributed by atoms with van der Waals surface area (Å²) in [5.74, 6) is 1.22. The average Bonchev–Trinajstić information content (AvgIpc) is 2.60. The number of halogens is 2. The number of benzene rings is 1. The van der Waals surface area contributed by atoms with Crippen LogP contribution in [0.25, 0.3) is 0 Å². The zero-order valence-electron chi connectivity index (χ0n) is 8.17. The lowest BCUT2D eigenvalue weighted by molar-refractivity contribution is 0.0677. The number of rotatable bonds is 2. The molecule has 1 aliphatic heterocycles. The first-order valence-corrected chi connectivity index (χ1v) is 6.37. The predicted octanol–water partition coefficient (Wildman–Crippen LogP) is 2.89. The summed E-state index contributed by atoms with van der Waals surface area (Å²) < 4.78 is 13.6. The van der Waals surface area contributed by atoms with Crippen LogP contribution in [0.3, 0.4) is 0 Å². The van der Waals surface area contributed by atoms with Crippen molar-refractivity contribution in [2.24, 2.45) is 0 Å². The van der Waals surface area contributed by atoms with Gasteiger partial charge in [-0.2, -0.15) is 11.8 Å². The highest BCUT2D eigenvalue weighted by Gasteiger charge is 2.32. The predicted molar refractivity (Wildman–Crippen MR) is 62.0 cm³/mol. The Hall–Kier alpha value is -0.250. The van der Waals surface area contributed by atoms with Gasteiger partial charge in [-0.15, -0.1) is 0 Å². The summed E-state index contributed by atoms with van der Waals surface area (Å²) >= 11 is 7.39. The fraction of sp³-hybridized carbons (Fsp3) is 0.455. The average molecular weight is 247 g/mol. The van der Waals surface area contributed by atoms with Crippen LogP contribution in [0.2, 0.25) is 5.02 Å². The van der Waals surface area contributed by atoms with Gasteiger partial charge in [-0.1, -0.05) is 23.7 Å². The van der Waals surface area contributed by atoms with Gasteiger partial charge in [0.1, 0.15) is 5.82 Å². The van der Waals surface area contributed by atoms with Crippen molar-refractivity contribution < 1.29 is 9.50 Å². The van der Waals surface area contributed by atoms with Gasteiger partial charge in [-0.05, 0) is 23.8 Å². The number of hydrogen-bond acceptors (Lipinski definition) is 2. The molecule has 0 aliphatic carbocycles. The van der Waals surface area contributed by atoms with E-state index in [1.54, 1.807) is 23.9 Å². The van der Waals surface area contributed by atoms with Crippen molar-refractivity contribution in [1.82, 2.24) is 0 Å². The number of hydrogen-bond donors (Lipinski definition) is 1. The minimum absolute atomic E-state index is 0.127. The van der Waals surface area contributed by atoms with Gasteiger partial charge in [0.25, 0.3) is 0 Å². The minimum atomic E-state index is -0.754. The van der Waals surface area contributed by atoms with Crippen molar-refractivity contribution in [2.45, 2.75) is 18.4 Å². The van der Waals surface area contributed by atoms with Crippen molar-refractivity contribution in [3.8, 4) is 0 Å². The molecule has 1 nitrogen and oxygen atoms in total. The molecular weight excluding hydrogens is 235 g/mol. The molecule has 0 amide bonds. The lowest BCUT2D eigenvalue weighted by Gasteiger charge is -2.21. The quantitative estimate of drug-likeness (QED) is 0.866. The summed E-state index contributed by atoms with van der Waals surface area (Å²) in [6.45, 7) is 0. The Morgan fingerprint density at radius 2 is 2.33 bits per heavy atom. The largest absolute Gasteiger partial charge is 0.389 e. The van der Waals surface area contributed by atoms with Gasteiger partial charge >= 0.3 is 0 Å². The molecule has 4 heteroatoms. The van der Waals surface area contributed by atoms with Crippen LogP contribution in [0.15, 0.2) is 18.2 Å². The Labute approximate surface area is 97.6 Å². The SMILES string of the molecule is OC1(Cc2cccc(Cl)c2F)CCSC1. The van der Waals surface area contributed by atoms with Gasteiger partial charge in [0, 0.05) is 12.2 Å². The van der Waals surface area contributed by atoms with Gasteiger partial charge < -0.3 is 5.11 Å². The first-order chi connectivity index (χ1) is 7.11. The molecule has 1 N–H and O–H groups in total. The Balaban J connectivity index is 2.20. The van der Waals surface area contributed by atoms with E-state index in [2.05, 4.69) is 0 Å². The zero-order chi connectivity index (χ0) is 10.9. The van der Waals surface area contributed by atoms with Crippen LogP contribution in [-0.4, -0.2) is 22.2 Å². The summed E-state index contributed by atoms with van der Waals surface area (Å²) in [4.78, 5) is 0. The third-order valence-corrected chi connectivity index (χ3v) is 4.16. The van der Waals surface area contributed by atoms with E-state index in [1.165, 1.54) is 6.07 Å². The van der Waals surface area contributed by atoms with Crippen LogP contribution in [0.1, 0.15) is 12.0 Å². The molecule has 0 bridgehead atoms. The van der Waals surface area contributed by atoms with Crippen molar-refractivity contribution >= 4 is 23.4 Å². The molecule has 1 atom stereocenters. The van der Waals surface area contributed by atoms with E-state index in [-0.39, 0.29) is 5.02 Å². The summed E-state index contributed by atoms with van der Waals surface area (Å²) in [5, 5.41) is 10.3. The maximum absolute atomic E-state index is 13.6. The fourth-order valence-electron chi connectivity index (χ4n) is 1.78. The van der Waals surface area contributed by atoms with E-state index in [0.29, 0.717) is 17.7 Å². The molecule has 1 aliphatic rings. The van der Waals surface area contributed by atoms with Gasteiger partial charge in [0.05, 0.1) is 10.6 Å². The van der Waals surface area contributed by atoms with Gasteiger partial charge in [-0.25, -0.2) is 4.39 Å². The maximum Gasteiger partial charge on any atom is 0.145 e. The highest BCUT2D eigenvalue weighted by atomic mass is 35.5. The molecular formula is C11H12ClFOS. The molecule has 0 spiro atoms. The summed E-state index contributed by atoms with van der Waals surface area (Å²) in [7, 11) is 0. The lowest BCUT2D eigenvalue weighted by Crippen LogP contribution is -2.31. The normalized spacial score (nSPS) is 25.8. The first-order valence-electron chi connectivity index (χ1n) is 4.84. The van der Waals surface area contributed by atoms with Crippen molar-refractivity contribution in [2.75, 3.05) is 11.5 Å². The van der Waals surface area contributed by atoms with E-state index < -0.39 is 11.4 Å². The fourth-order valence-corrected chi connectivity index (χ4v) is 3.26. The molecule has 82 valence electrons. The molecule has 0 aromatic heterocycles. The summed E-state index contributed by atoms with van der Waals surface area (Å²) in [6, 6.07) is 4.92. The lowest BCUT2D eigenvalue weighted by atomic mass is 9.94. The van der Waals surface area contributed by atoms with Gasteiger partial charge in [-0.3, -0.25) is 0 Å². The van der Waals surface area contributed by atoms with Crippen LogP contribution < -0.4 is 0 Å². The molecule has 1 fully saturated rings. The molecule has 1 unspecified atom stereocenters. The Kier molecular flexibility index (Phi) is 3.24. The van der Waals surface area contributed by atoms with Gasteiger partial charge in [0.2, 0.25) is 0 Å². The first kappa shape index (κ1) is 11.2. The maximum atomic E-state index is 13.6.